The van der Waals surface area contributed by atoms with Crippen molar-refractivity contribution >= 4 is 11.4 Å². The van der Waals surface area contributed by atoms with Gasteiger partial charge < -0.3 is 15.7 Å². The van der Waals surface area contributed by atoms with Crippen molar-refractivity contribution in [2.45, 2.75) is 45.7 Å². The van der Waals surface area contributed by atoms with E-state index in [2.05, 4.69) is 41.8 Å². The van der Waals surface area contributed by atoms with E-state index in [1.165, 1.54) is 5.56 Å². The van der Waals surface area contributed by atoms with Gasteiger partial charge in [0.1, 0.15) is 0 Å². The highest BCUT2D eigenvalue weighted by Crippen LogP contribution is 2.18. The first-order chi connectivity index (χ1) is 11.0. The summed E-state index contributed by atoms with van der Waals surface area (Å²) in [5.41, 5.74) is 4.46. The number of hydrogen-bond acceptors (Lipinski definition) is 4. The van der Waals surface area contributed by atoms with Gasteiger partial charge in [0.15, 0.2) is 0 Å². The van der Waals surface area contributed by atoms with E-state index in [1.807, 2.05) is 34.0 Å². The van der Waals surface area contributed by atoms with Crippen LogP contribution in [-0.4, -0.2) is 43.6 Å². The molecule has 0 fully saturated rings. The molecule has 2 atom stereocenters. The van der Waals surface area contributed by atoms with Gasteiger partial charge in [-0.05, 0) is 58.8 Å². The molecule has 23 heavy (non-hydrogen) atoms. The molecule has 1 rings (SSSR count). The smallest absolute Gasteiger partial charge is 0.0659 e. The highest BCUT2D eigenvalue weighted by Gasteiger charge is 2.08. The largest absolute Gasteiger partial charge is 0.396 e. The standard InChI is InChI=1S/C19H31N3O/c1-6-19(22-15(3)14(2)20-4)17-9-7-16(8-10-17)13-18(21-5)11-12-23/h6-10,14,18,20-21,23H,11-13H2,1-5H3/b19-6-,22-15?/t14-,18-/m1/s1. The number of allylic oxidation sites excluding steroid dienone is 1. The molecule has 3 N–H and O–H groups in total. The summed E-state index contributed by atoms with van der Waals surface area (Å²) < 4.78 is 0. The molecule has 0 radical (unpaired) electrons. The molecule has 0 amide bonds. The highest BCUT2D eigenvalue weighted by atomic mass is 16.3. The van der Waals surface area contributed by atoms with Gasteiger partial charge in [-0.15, -0.1) is 0 Å². The Hall–Kier alpha value is -1.49. The highest BCUT2D eigenvalue weighted by molar-refractivity contribution is 5.91. The van der Waals surface area contributed by atoms with Crippen LogP contribution in [0.1, 0.15) is 38.3 Å². The van der Waals surface area contributed by atoms with Crippen molar-refractivity contribution in [3.63, 3.8) is 0 Å². The minimum absolute atomic E-state index is 0.212. The van der Waals surface area contributed by atoms with Crippen LogP contribution >= 0.6 is 0 Å². The van der Waals surface area contributed by atoms with Gasteiger partial charge in [-0.25, -0.2) is 0 Å². The summed E-state index contributed by atoms with van der Waals surface area (Å²) in [6.45, 7) is 6.38. The number of aliphatic hydroxyl groups excluding tert-OH is 1. The zero-order chi connectivity index (χ0) is 17.2. The van der Waals surface area contributed by atoms with Crippen LogP contribution in [0.15, 0.2) is 35.3 Å². The van der Waals surface area contributed by atoms with Gasteiger partial charge in [-0.2, -0.15) is 0 Å². The minimum atomic E-state index is 0.212. The van der Waals surface area contributed by atoms with E-state index < -0.39 is 0 Å². The molecular formula is C19H31N3O. The van der Waals surface area contributed by atoms with Crippen LogP contribution in [0.3, 0.4) is 0 Å². The van der Waals surface area contributed by atoms with Gasteiger partial charge in [-0.3, -0.25) is 4.99 Å². The third kappa shape index (κ3) is 6.26. The van der Waals surface area contributed by atoms with Crippen molar-refractivity contribution in [3.8, 4) is 0 Å². The van der Waals surface area contributed by atoms with E-state index >= 15 is 0 Å². The van der Waals surface area contributed by atoms with Crippen molar-refractivity contribution in [3.05, 3.63) is 41.5 Å². The lowest BCUT2D eigenvalue weighted by Crippen LogP contribution is -2.28. The first-order valence-corrected chi connectivity index (χ1v) is 8.31. The third-order valence-electron chi connectivity index (χ3n) is 4.25. The molecule has 0 saturated heterocycles. The summed E-state index contributed by atoms with van der Waals surface area (Å²) in [6, 6.07) is 9.11. The molecule has 0 heterocycles. The van der Waals surface area contributed by atoms with Crippen molar-refractivity contribution < 1.29 is 5.11 Å². The molecule has 0 spiro atoms. The molecule has 128 valence electrons. The lowest BCUT2D eigenvalue weighted by Gasteiger charge is -2.15. The Labute approximate surface area is 140 Å². The van der Waals surface area contributed by atoms with E-state index in [9.17, 15) is 0 Å². The maximum Gasteiger partial charge on any atom is 0.0659 e. The van der Waals surface area contributed by atoms with Crippen molar-refractivity contribution in [2.24, 2.45) is 4.99 Å². The second kappa shape index (κ2) is 10.3. The molecule has 0 unspecified atom stereocenters. The van der Waals surface area contributed by atoms with Crippen LogP contribution in [0.5, 0.6) is 0 Å². The van der Waals surface area contributed by atoms with E-state index in [1.54, 1.807) is 0 Å². The Bertz CT molecular complexity index is 520. The summed E-state index contributed by atoms with van der Waals surface area (Å²) in [5, 5.41) is 15.5. The molecule has 1 aromatic rings. The fourth-order valence-electron chi connectivity index (χ4n) is 2.39. The summed E-state index contributed by atoms with van der Waals surface area (Å²) in [6.07, 6.45) is 3.73. The summed E-state index contributed by atoms with van der Waals surface area (Å²) in [5.74, 6) is 0. The molecule has 0 aliphatic rings. The first kappa shape index (κ1) is 19.6. The summed E-state index contributed by atoms with van der Waals surface area (Å²) >= 11 is 0. The van der Waals surface area contributed by atoms with Gasteiger partial charge in [0.25, 0.3) is 0 Å². The average molecular weight is 317 g/mol. The van der Waals surface area contributed by atoms with Crippen molar-refractivity contribution in [1.82, 2.24) is 10.6 Å². The number of rotatable bonds is 9. The van der Waals surface area contributed by atoms with Gasteiger partial charge in [0, 0.05) is 24.4 Å². The number of aliphatic hydroxyl groups is 1. The Balaban J connectivity index is 2.85. The zero-order valence-corrected chi connectivity index (χ0v) is 15.1. The summed E-state index contributed by atoms with van der Waals surface area (Å²) in [4.78, 5) is 4.74. The molecule has 0 aliphatic heterocycles. The van der Waals surface area contributed by atoms with E-state index in [4.69, 9.17) is 10.1 Å². The van der Waals surface area contributed by atoms with Gasteiger partial charge in [-0.1, -0.05) is 30.3 Å². The van der Waals surface area contributed by atoms with E-state index in [-0.39, 0.29) is 12.6 Å². The predicted molar refractivity (Wildman–Crippen MR) is 100.0 cm³/mol. The van der Waals surface area contributed by atoms with Crippen LogP contribution < -0.4 is 10.6 Å². The SMILES string of the molecule is C/C=C(\N=C(C)[C@@H](C)NC)c1ccc(C[C@@H](CCO)NC)cc1. The molecular weight excluding hydrogens is 286 g/mol. The zero-order valence-electron chi connectivity index (χ0n) is 15.1. The maximum atomic E-state index is 9.08. The van der Waals surface area contributed by atoms with Crippen LogP contribution in [0.4, 0.5) is 0 Å². The monoisotopic (exact) mass is 317 g/mol. The normalized spacial score (nSPS) is 15.6. The van der Waals surface area contributed by atoms with Crippen LogP contribution in [0, 0.1) is 0 Å². The second-order valence-corrected chi connectivity index (χ2v) is 5.84. The third-order valence-corrected chi connectivity index (χ3v) is 4.25. The van der Waals surface area contributed by atoms with Gasteiger partial charge >= 0.3 is 0 Å². The van der Waals surface area contributed by atoms with Crippen LogP contribution in [-0.2, 0) is 6.42 Å². The first-order valence-electron chi connectivity index (χ1n) is 8.31. The number of likely N-dealkylation sites (N-methyl/N-ethyl adjacent to an activating group) is 1. The Morgan fingerprint density at radius 2 is 1.87 bits per heavy atom. The Morgan fingerprint density at radius 1 is 1.22 bits per heavy atom. The molecule has 0 saturated carbocycles. The predicted octanol–water partition coefficient (Wildman–Crippen LogP) is 2.63. The molecule has 4 heteroatoms. The quantitative estimate of drug-likeness (QED) is 0.614. The van der Waals surface area contributed by atoms with Gasteiger partial charge in [0.05, 0.1) is 5.70 Å². The molecule has 0 aromatic heterocycles. The Morgan fingerprint density at radius 3 is 2.35 bits per heavy atom. The molecule has 0 aliphatic carbocycles. The molecule has 0 bridgehead atoms. The lowest BCUT2D eigenvalue weighted by molar-refractivity contribution is 0.267. The summed E-state index contributed by atoms with van der Waals surface area (Å²) in [7, 11) is 3.88. The lowest BCUT2D eigenvalue weighted by atomic mass is 10.0. The number of nitrogens with one attached hydrogen (secondary N) is 2. The van der Waals surface area contributed by atoms with Crippen molar-refractivity contribution in [2.75, 3.05) is 20.7 Å². The number of aliphatic imine (C=N–C) groups is 1. The molecule has 1 aromatic carbocycles. The number of nitrogens with zero attached hydrogens (tertiary/aromatic N) is 1. The number of benzene rings is 1. The fraction of sp³-hybridized carbons (Fsp3) is 0.526. The van der Waals surface area contributed by atoms with E-state index in [0.717, 1.165) is 29.8 Å². The number of hydrogen-bond donors (Lipinski definition) is 3. The van der Waals surface area contributed by atoms with Crippen molar-refractivity contribution in [1.29, 1.82) is 0 Å². The molecule has 4 nitrogen and oxygen atoms in total. The van der Waals surface area contributed by atoms with Crippen LogP contribution in [0.2, 0.25) is 0 Å². The van der Waals surface area contributed by atoms with E-state index in [0.29, 0.717) is 6.04 Å². The Kier molecular flexibility index (Phi) is 8.77. The average Bonchev–Trinajstić information content (AvgIpc) is 2.59. The second-order valence-electron chi connectivity index (χ2n) is 5.84. The van der Waals surface area contributed by atoms with Crippen LogP contribution in [0.25, 0.3) is 5.70 Å². The minimum Gasteiger partial charge on any atom is -0.396 e. The topological polar surface area (TPSA) is 56.7 Å². The fourth-order valence-corrected chi connectivity index (χ4v) is 2.39. The maximum absolute atomic E-state index is 9.08. The van der Waals surface area contributed by atoms with Gasteiger partial charge in [0.2, 0.25) is 0 Å².